The number of thioether (sulfide) groups is 1. The molecule has 0 bridgehead atoms. The van der Waals surface area contributed by atoms with Gasteiger partial charge in [0.2, 0.25) is 0 Å². The van der Waals surface area contributed by atoms with E-state index in [0.717, 1.165) is 29.9 Å². The van der Waals surface area contributed by atoms with E-state index in [0.29, 0.717) is 0 Å². The molecule has 3 N–H and O–H groups in total. The molecule has 0 spiro atoms. The second kappa shape index (κ2) is 7.93. The van der Waals surface area contributed by atoms with Crippen molar-refractivity contribution in [1.82, 2.24) is 10.6 Å². The van der Waals surface area contributed by atoms with E-state index < -0.39 is 18.0 Å². The van der Waals surface area contributed by atoms with E-state index in [1.807, 2.05) is 42.1 Å². The van der Waals surface area contributed by atoms with Crippen molar-refractivity contribution < 1.29 is 14.7 Å². The maximum absolute atomic E-state index is 11.9. The molecule has 5 nitrogen and oxygen atoms in total. The molecule has 0 aromatic heterocycles. The molecule has 6 heteroatoms. The van der Waals surface area contributed by atoms with Gasteiger partial charge in [0, 0.05) is 18.2 Å². The average Bonchev–Trinajstić information content (AvgIpc) is 2.48. The number of aliphatic carboxylic acids is 1. The molecular formula is C15H20N2O3S. The minimum Gasteiger partial charge on any atom is -0.480 e. The smallest absolute Gasteiger partial charge is 0.326 e. The van der Waals surface area contributed by atoms with Crippen molar-refractivity contribution in [3.8, 4) is 0 Å². The van der Waals surface area contributed by atoms with E-state index in [1.165, 1.54) is 0 Å². The lowest BCUT2D eigenvalue weighted by atomic mass is 10.1. The van der Waals surface area contributed by atoms with Gasteiger partial charge in [-0.3, -0.25) is 0 Å². The minimum atomic E-state index is -1.02. The fourth-order valence-corrected chi connectivity index (χ4v) is 3.36. The third-order valence-electron chi connectivity index (χ3n) is 3.38. The van der Waals surface area contributed by atoms with E-state index in [-0.39, 0.29) is 12.5 Å². The summed E-state index contributed by atoms with van der Waals surface area (Å²) in [6.45, 7) is 0. The molecule has 0 radical (unpaired) electrons. The van der Waals surface area contributed by atoms with Crippen molar-refractivity contribution in [1.29, 1.82) is 0 Å². The molecule has 1 aliphatic heterocycles. The first-order valence-electron chi connectivity index (χ1n) is 7.06. The van der Waals surface area contributed by atoms with Crippen LogP contribution in [0.3, 0.4) is 0 Å². The van der Waals surface area contributed by atoms with Crippen LogP contribution >= 0.6 is 11.8 Å². The normalized spacial score (nSPS) is 19.5. The number of carboxylic acid groups (broad SMARTS) is 1. The first-order valence-corrected chi connectivity index (χ1v) is 8.22. The van der Waals surface area contributed by atoms with Gasteiger partial charge in [0.15, 0.2) is 0 Å². The molecule has 0 saturated carbocycles. The van der Waals surface area contributed by atoms with Crippen molar-refractivity contribution in [3.05, 3.63) is 35.9 Å². The highest BCUT2D eigenvalue weighted by Gasteiger charge is 2.22. The molecule has 2 amide bonds. The summed E-state index contributed by atoms with van der Waals surface area (Å²) in [6, 6.07) is 8.12. The summed E-state index contributed by atoms with van der Waals surface area (Å²) in [6.07, 6.45) is 2.32. The van der Waals surface area contributed by atoms with Crippen molar-refractivity contribution in [2.75, 3.05) is 11.5 Å². The highest BCUT2D eigenvalue weighted by atomic mass is 32.2. The van der Waals surface area contributed by atoms with Crippen LogP contribution in [0.5, 0.6) is 0 Å². The van der Waals surface area contributed by atoms with Crippen LogP contribution in [0.25, 0.3) is 0 Å². The second-order valence-electron chi connectivity index (χ2n) is 5.11. The lowest BCUT2D eigenvalue weighted by molar-refractivity contribution is -0.139. The third kappa shape index (κ3) is 5.30. The van der Waals surface area contributed by atoms with Crippen LogP contribution in [0.2, 0.25) is 0 Å². The molecule has 1 aliphatic rings. The van der Waals surface area contributed by atoms with Gasteiger partial charge in [-0.2, -0.15) is 11.8 Å². The summed E-state index contributed by atoms with van der Waals surface area (Å²) < 4.78 is 0. The van der Waals surface area contributed by atoms with Crippen LogP contribution in [0, 0.1) is 0 Å². The average molecular weight is 308 g/mol. The summed E-state index contributed by atoms with van der Waals surface area (Å²) >= 11 is 1.81. The van der Waals surface area contributed by atoms with Gasteiger partial charge >= 0.3 is 12.0 Å². The Bertz CT molecular complexity index is 475. The van der Waals surface area contributed by atoms with Crippen molar-refractivity contribution in [2.45, 2.75) is 31.3 Å². The van der Waals surface area contributed by atoms with Crippen LogP contribution in [-0.2, 0) is 11.2 Å². The van der Waals surface area contributed by atoms with E-state index in [9.17, 15) is 14.7 Å². The van der Waals surface area contributed by atoms with E-state index in [1.54, 1.807) is 0 Å². The maximum Gasteiger partial charge on any atom is 0.326 e. The Hall–Kier alpha value is -1.69. The number of carbonyl (C=O) groups excluding carboxylic acids is 1. The van der Waals surface area contributed by atoms with Crippen LogP contribution in [-0.4, -0.2) is 40.7 Å². The molecule has 21 heavy (non-hydrogen) atoms. The molecule has 1 aromatic rings. The topological polar surface area (TPSA) is 78.4 Å². The van der Waals surface area contributed by atoms with E-state index in [2.05, 4.69) is 10.6 Å². The maximum atomic E-state index is 11.9. The molecule has 1 unspecified atom stereocenters. The van der Waals surface area contributed by atoms with Gasteiger partial charge < -0.3 is 15.7 Å². The number of hydrogen-bond acceptors (Lipinski definition) is 3. The predicted molar refractivity (Wildman–Crippen MR) is 83.6 cm³/mol. The molecule has 1 saturated heterocycles. The number of urea groups is 1. The van der Waals surface area contributed by atoms with Gasteiger partial charge in [-0.05, 0) is 24.2 Å². The number of carbonyl (C=O) groups is 2. The van der Waals surface area contributed by atoms with Crippen molar-refractivity contribution in [3.63, 3.8) is 0 Å². The highest BCUT2D eigenvalue weighted by molar-refractivity contribution is 7.99. The Morgan fingerprint density at radius 2 is 2.10 bits per heavy atom. The first-order chi connectivity index (χ1) is 10.1. The molecule has 0 aliphatic carbocycles. The molecule has 1 fully saturated rings. The van der Waals surface area contributed by atoms with Gasteiger partial charge in [-0.25, -0.2) is 9.59 Å². The number of carboxylic acids is 1. The fraction of sp³-hybridized carbons (Fsp3) is 0.467. The molecule has 2 atom stereocenters. The lowest BCUT2D eigenvalue weighted by Gasteiger charge is -2.24. The Morgan fingerprint density at radius 1 is 1.33 bits per heavy atom. The van der Waals surface area contributed by atoms with Gasteiger partial charge in [0.05, 0.1) is 0 Å². The van der Waals surface area contributed by atoms with Crippen LogP contribution < -0.4 is 10.6 Å². The second-order valence-corrected chi connectivity index (χ2v) is 6.26. The van der Waals surface area contributed by atoms with Crippen LogP contribution in [0.1, 0.15) is 18.4 Å². The van der Waals surface area contributed by atoms with Crippen molar-refractivity contribution >= 4 is 23.8 Å². The number of amides is 2. The summed E-state index contributed by atoms with van der Waals surface area (Å²) in [5.41, 5.74) is 0.887. The van der Waals surface area contributed by atoms with Crippen molar-refractivity contribution in [2.24, 2.45) is 0 Å². The van der Waals surface area contributed by atoms with E-state index in [4.69, 9.17) is 0 Å². The standard InChI is InChI=1S/C15H20N2O3S/c18-14(19)13(9-11-5-2-1-3-6-11)17-15(20)16-12-7-4-8-21-10-12/h1-3,5-6,12-13H,4,7-10H2,(H,18,19)(H2,16,17,20)/t12?,13-/m0/s1. The Morgan fingerprint density at radius 3 is 2.71 bits per heavy atom. The number of benzene rings is 1. The van der Waals surface area contributed by atoms with Gasteiger partial charge in [-0.1, -0.05) is 30.3 Å². The Balaban J connectivity index is 1.86. The van der Waals surface area contributed by atoms with E-state index >= 15 is 0 Å². The summed E-state index contributed by atoms with van der Waals surface area (Å²) in [5.74, 6) is 1.00. The Kier molecular flexibility index (Phi) is 5.92. The monoisotopic (exact) mass is 308 g/mol. The summed E-state index contributed by atoms with van der Waals surface area (Å²) in [5, 5.41) is 14.7. The van der Waals surface area contributed by atoms with Gasteiger partial charge in [0.25, 0.3) is 0 Å². The minimum absolute atomic E-state index is 0.134. The van der Waals surface area contributed by atoms with Gasteiger partial charge in [0.1, 0.15) is 6.04 Å². The molecular weight excluding hydrogens is 288 g/mol. The third-order valence-corrected chi connectivity index (χ3v) is 4.60. The number of rotatable bonds is 5. The van der Waals surface area contributed by atoms with Gasteiger partial charge in [-0.15, -0.1) is 0 Å². The zero-order valence-corrected chi connectivity index (χ0v) is 12.6. The number of nitrogens with one attached hydrogen (secondary N) is 2. The first kappa shape index (κ1) is 15.7. The fourth-order valence-electron chi connectivity index (χ4n) is 2.29. The molecule has 2 rings (SSSR count). The summed E-state index contributed by atoms with van der Waals surface area (Å²) in [4.78, 5) is 23.2. The zero-order chi connectivity index (χ0) is 15.1. The number of hydrogen-bond donors (Lipinski definition) is 3. The van der Waals surface area contributed by atoms with Crippen LogP contribution in [0.4, 0.5) is 4.79 Å². The molecule has 114 valence electrons. The molecule has 1 aromatic carbocycles. The lowest BCUT2D eigenvalue weighted by Crippen LogP contribution is -2.50. The quantitative estimate of drug-likeness (QED) is 0.776. The Labute approximate surface area is 128 Å². The summed E-state index contributed by atoms with van der Waals surface area (Å²) in [7, 11) is 0. The molecule has 1 heterocycles. The highest BCUT2D eigenvalue weighted by Crippen LogP contribution is 2.16. The SMILES string of the molecule is O=C(NC1CCCSC1)N[C@@H](Cc1ccccc1)C(=O)O. The largest absolute Gasteiger partial charge is 0.480 e. The predicted octanol–water partition coefficient (Wildman–Crippen LogP) is 1.88. The zero-order valence-electron chi connectivity index (χ0n) is 11.7. The van der Waals surface area contributed by atoms with Crippen LogP contribution in [0.15, 0.2) is 30.3 Å².